The van der Waals surface area contributed by atoms with Crippen LogP contribution in [0.5, 0.6) is 0 Å². The Morgan fingerprint density at radius 2 is 1.63 bits per heavy atom. The average molecular weight is 260 g/mol. The van der Waals surface area contributed by atoms with Gasteiger partial charge in [-0.15, -0.1) is 0 Å². The van der Waals surface area contributed by atoms with Gasteiger partial charge in [-0.2, -0.15) is 0 Å². The van der Waals surface area contributed by atoms with E-state index in [-0.39, 0.29) is 11.9 Å². The van der Waals surface area contributed by atoms with Crippen molar-refractivity contribution < 1.29 is 9.59 Å². The van der Waals surface area contributed by atoms with Gasteiger partial charge in [-0.25, -0.2) is 4.79 Å². The lowest BCUT2D eigenvalue weighted by Crippen LogP contribution is -2.59. The third-order valence-electron chi connectivity index (χ3n) is 3.24. The molecule has 0 atom stereocenters. The average Bonchev–Trinajstić information content (AvgIpc) is 2.29. The fourth-order valence-corrected chi connectivity index (χ4v) is 2.27. The molecule has 1 aliphatic rings. The monoisotopic (exact) mass is 260 g/mol. The Morgan fingerprint density at radius 3 is 2.16 bits per heavy atom. The first-order valence-corrected chi connectivity index (χ1v) is 6.52. The number of hydrogen-bond acceptors (Lipinski definition) is 2. The second-order valence-electron chi connectivity index (χ2n) is 5.92. The number of benzene rings is 1. The van der Waals surface area contributed by atoms with Gasteiger partial charge in [0.05, 0.1) is 0 Å². The predicted octanol–water partition coefficient (Wildman–Crippen LogP) is 2.95. The van der Waals surface area contributed by atoms with Crippen molar-refractivity contribution in [3.8, 4) is 0 Å². The van der Waals surface area contributed by atoms with Crippen molar-refractivity contribution >= 4 is 17.6 Å². The summed E-state index contributed by atoms with van der Waals surface area (Å²) in [5.41, 5.74) is 1.51. The SMILES string of the molecule is Cc1ccc(N2CCC(=O)N(C(C)(C)C)C2=O)cc1. The summed E-state index contributed by atoms with van der Waals surface area (Å²) in [6, 6.07) is 7.56. The smallest absolute Gasteiger partial charge is 0.293 e. The summed E-state index contributed by atoms with van der Waals surface area (Å²) in [7, 11) is 0. The third kappa shape index (κ3) is 2.62. The van der Waals surface area contributed by atoms with Crippen LogP contribution in [-0.2, 0) is 4.79 Å². The van der Waals surface area contributed by atoms with E-state index in [1.165, 1.54) is 4.90 Å². The summed E-state index contributed by atoms with van der Waals surface area (Å²) in [4.78, 5) is 27.5. The normalized spacial score (nSPS) is 17.1. The van der Waals surface area contributed by atoms with Gasteiger partial charge >= 0.3 is 6.03 Å². The molecule has 1 saturated heterocycles. The van der Waals surface area contributed by atoms with E-state index in [1.807, 2.05) is 52.0 Å². The Labute approximate surface area is 114 Å². The zero-order valence-corrected chi connectivity index (χ0v) is 11.9. The predicted molar refractivity (Wildman–Crippen MR) is 75.1 cm³/mol. The van der Waals surface area contributed by atoms with Crippen LogP contribution in [0.15, 0.2) is 24.3 Å². The van der Waals surface area contributed by atoms with E-state index in [9.17, 15) is 9.59 Å². The highest BCUT2D eigenvalue weighted by Gasteiger charge is 2.39. The number of aryl methyl sites for hydroxylation is 1. The second-order valence-corrected chi connectivity index (χ2v) is 5.92. The van der Waals surface area contributed by atoms with Gasteiger partial charge in [-0.05, 0) is 39.8 Å². The van der Waals surface area contributed by atoms with Crippen LogP contribution in [0, 0.1) is 6.92 Å². The summed E-state index contributed by atoms with van der Waals surface area (Å²) in [5.74, 6) is -0.0964. The maximum atomic E-state index is 12.5. The molecule has 1 aromatic rings. The number of anilines is 1. The standard InChI is InChI=1S/C15H20N2O2/c1-11-5-7-12(8-6-11)16-10-9-13(18)17(14(16)19)15(2,3)4/h5-8H,9-10H2,1-4H3. The highest BCUT2D eigenvalue weighted by atomic mass is 16.2. The Balaban J connectivity index is 2.31. The summed E-state index contributed by atoms with van der Waals surface area (Å²) in [5, 5.41) is 0. The van der Waals surface area contributed by atoms with Crippen molar-refractivity contribution in [2.75, 3.05) is 11.4 Å². The van der Waals surface area contributed by atoms with E-state index in [0.29, 0.717) is 13.0 Å². The van der Waals surface area contributed by atoms with Crippen LogP contribution < -0.4 is 4.90 Å². The van der Waals surface area contributed by atoms with Crippen molar-refractivity contribution in [3.05, 3.63) is 29.8 Å². The van der Waals surface area contributed by atoms with E-state index >= 15 is 0 Å². The first-order valence-electron chi connectivity index (χ1n) is 6.52. The lowest BCUT2D eigenvalue weighted by atomic mass is 10.0. The number of nitrogens with zero attached hydrogens (tertiary/aromatic N) is 2. The first-order chi connectivity index (χ1) is 8.80. The largest absolute Gasteiger partial charge is 0.331 e. The van der Waals surface area contributed by atoms with Crippen molar-refractivity contribution in [2.24, 2.45) is 0 Å². The summed E-state index contributed by atoms with van der Waals surface area (Å²) in [6.45, 7) is 8.09. The van der Waals surface area contributed by atoms with Gasteiger partial charge in [0, 0.05) is 24.2 Å². The first kappa shape index (κ1) is 13.6. The molecule has 0 saturated carbocycles. The minimum absolute atomic E-state index is 0.0964. The number of amides is 3. The Morgan fingerprint density at radius 1 is 1.05 bits per heavy atom. The fourth-order valence-electron chi connectivity index (χ4n) is 2.27. The van der Waals surface area contributed by atoms with E-state index in [1.54, 1.807) is 4.90 Å². The molecule has 0 aromatic heterocycles. The Hall–Kier alpha value is -1.84. The van der Waals surface area contributed by atoms with Gasteiger partial charge in [0.25, 0.3) is 0 Å². The van der Waals surface area contributed by atoms with Crippen LogP contribution in [0.1, 0.15) is 32.8 Å². The molecule has 0 unspecified atom stereocenters. The van der Waals surface area contributed by atoms with Crippen molar-refractivity contribution in [1.82, 2.24) is 4.90 Å². The maximum Gasteiger partial charge on any atom is 0.331 e. The molecule has 0 spiro atoms. The number of carbonyl (C=O) groups is 2. The lowest BCUT2D eigenvalue weighted by molar-refractivity contribution is -0.132. The van der Waals surface area contributed by atoms with Crippen LogP contribution in [0.2, 0.25) is 0 Å². The molecule has 1 aliphatic heterocycles. The van der Waals surface area contributed by atoms with Crippen LogP contribution in [0.3, 0.4) is 0 Å². The molecular formula is C15H20N2O2. The van der Waals surface area contributed by atoms with Gasteiger partial charge < -0.3 is 0 Å². The van der Waals surface area contributed by atoms with Gasteiger partial charge in [-0.1, -0.05) is 17.7 Å². The molecule has 0 radical (unpaired) electrons. The summed E-state index contributed by atoms with van der Waals surface area (Å²) >= 11 is 0. The highest BCUT2D eigenvalue weighted by molar-refractivity contribution is 6.06. The van der Waals surface area contributed by atoms with E-state index in [2.05, 4.69) is 0 Å². The molecule has 102 valence electrons. The van der Waals surface area contributed by atoms with Gasteiger partial charge in [0.1, 0.15) is 0 Å². The Bertz CT molecular complexity index is 500. The highest BCUT2D eigenvalue weighted by Crippen LogP contribution is 2.26. The van der Waals surface area contributed by atoms with Gasteiger partial charge in [0.2, 0.25) is 5.91 Å². The Kier molecular flexibility index (Phi) is 3.35. The topological polar surface area (TPSA) is 40.6 Å². The molecule has 2 rings (SSSR count). The van der Waals surface area contributed by atoms with E-state index in [0.717, 1.165) is 11.3 Å². The number of hydrogen-bond donors (Lipinski definition) is 0. The quantitative estimate of drug-likeness (QED) is 0.779. The molecule has 1 heterocycles. The lowest BCUT2D eigenvalue weighted by Gasteiger charge is -2.41. The zero-order chi connectivity index (χ0) is 14.2. The molecule has 4 heteroatoms. The van der Waals surface area contributed by atoms with Gasteiger partial charge in [0.15, 0.2) is 0 Å². The molecule has 4 nitrogen and oxygen atoms in total. The number of rotatable bonds is 1. The van der Waals surface area contributed by atoms with Crippen LogP contribution in [0.25, 0.3) is 0 Å². The second kappa shape index (κ2) is 4.68. The van der Waals surface area contributed by atoms with E-state index < -0.39 is 5.54 Å². The van der Waals surface area contributed by atoms with Crippen molar-refractivity contribution in [1.29, 1.82) is 0 Å². The molecule has 19 heavy (non-hydrogen) atoms. The molecular weight excluding hydrogens is 240 g/mol. The summed E-state index contributed by atoms with van der Waals surface area (Å²) in [6.07, 6.45) is 0.372. The van der Waals surface area contributed by atoms with Crippen LogP contribution >= 0.6 is 0 Å². The van der Waals surface area contributed by atoms with Crippen molar-refractivity contribution in [2.45, 2.75) is 39.7 Å². The number of imide groups is 1. The summed E-state index contributed by atoms with van der Waals surface area (Å²) < 4.78 is 0. The number of urea groups is 1. The number of carbonyl (C=O) groups excluding carboxylic acids is 2. The molecule has 1 aromatic carbocycles. The molecule has 3 amide bonds. The third-order valence-corrected chi connectivity index (χ3v) is 3.24. The van der Waals surface area contributed by atoms with Gasteiger partial charge in [-0.3, -0.25) is 14.6 Å². The van der Waals surface area contributed by atoms with Crippen LogP contribution in [-0.4, -0.2) is 28.9 Å². The molecule has 1 fully saturated rings. The molecule has 0 bridgehead atoms. The fraction of sp³-hybridized carbons (Fsp3) is 0.467. The molecule has 0 aliphatic carbocycles. The van der Waals surface area contributed by atoms with Crippen LogP contribution in [0.4, 0.5) is 10.5 Å². The molecule has 0 N–H and O–H groups in total. The zero-order valence-electron chi connectivity index (χ0n) is 11.9. The van der Waals surface area contributed by atoms with Crippen molar-refractivity contribution in [3.63, 3.8) is 0 Å². The maximum absolute atomic E-state index is 12.5. The minimum atomic E-state index is -0.489. The van der Waals surface area contributed by atoms with E-state index in [4.69, 9.17) is 0 Å². The minimum Gasteiger partial charge on any atom is -0.293 e.